The van der Waals surface area contributed by atoms with Gasteiger partial charge in [-0.3, -0.25) is 4.79 Å². The zero-order valence-corrected chi connectivity index (χ0v) is 17.7. The van der Waals surface area contributed by atoms with E-state index in [1.165, 1.54) is 23.4 Å². The normalized spacial score (nSPS) is 13.9. The third kappa shape index (κ3) is 4.66. The fraction of sp³-hybridized carbons (Fsp3) is 0.381. The van der Waals surface area contributed by atoms with Crippen LogP contribution in [0.2, 0.25) is 0 Å². The van der Waals surface area contributed by atoms with E-state index >= 15 is 0 Å². The maximum Gasteiger partial charge on any atom is 0.243 e. The van der Waals surface area contributed by atoms with Gasteiger partial charge >= 0.3 is 0 Å². The van der Waals surface area contributed by atoms with Gasteiger partial charge < -0.3 is 9.80 Å². The molecule has 1 aliphatic heterocycles. The molecule has 0 bridgehead atoms. The van der Waals surface area contributed by atoms with Crippen molar-refractivity contribution < 1.29 is 17.6 Å². The van der Waals surface area contributed by atoms with Gasteiger partial charge in [-0.1, -0.05) is 18.2 Å². The van der Waals surface area contributed by atoms with Gasteiger partial charge in [0.15, 0.2) is 0 Å². The van der Waals surface area contributed by atoms with Crippen LogP contribution in [0.3, 0.4) is 0 Å². The molecule has 1 heterocycles. The lowest BCUT2D eigenvalue weighted by atomic mass is 10.2. The molecule has 0 fully saturated rings. The first-order valence-electron chi connectivity index (χ1n) is 9.49. The number of halogens is 1. The van der Waals surface area contributed by atoms with E-state index in [9.17, 15) is 17.6 Å². The monoisotopic (exact) mass is 419 g/mol. The summed E-state index contributed by atoms with van der Waals surface area (Å²) in [6.07, 6.45) is 0.614. The molecule has 0 saturated heterocycles. The topological polar surface area (TPSA) is 60.9 Å². The Bertz CT molecular complexity index is 1010. The van der Waals surface area contributed by atoms with Gasteiger partial charge in [0.25, 0.3) is 0 Å². The summed E-state index contributed by atoms with van der Waals surface area (Å²) in [5, 5.41) is 0. The minimum Gasteiger partial charge on any atom is -0.312 e. The van der Waals surface area contributed by atoms with E-state index in [-0.39, 0.29) is 23.9 Å². The Balaban J connectivity index is 1.94. The second-order valence-electron chi connectivity index (χ2n) is 7.44. The van der Waals surface area contributed by atoms with Crippen molar-refractivity contribution in [3.05, 3.63) is 59.4 Å². The van der Waals surface area contributed by atoms with E-state index in [0.717, 1.165) is 11.3 Å². The molecule has 0 unspecified atom stereocenters. The Labute approximate surface area is 171 Å². The predicted molar refractivity (Wildman–Crippen MR) is 111 cm³/mol. The Morgan fingerprint density at radius 3 is 2.52 bits per heavy atom. The minimum atomic E-state index is -3.83. The molecule has 2 aromatic rings. The molecule has 2 aromatic carbocycles. The molecule has 0 saturated carbocycles. The van der Waals surface area contributed by atoms with Gasteiger partial charge in [-0.15, -0.1) is 0 Å². The molecule has 0 radical (unpaired) electrons. The zero-order chi connectivity index (χ0) is 21.2. The van der Waals surface area contributed by atoms with Crippen molar-refractivity contribution in [3.63, 3.8) is 0 Å². The summed E-state index contributed by atoms with van der Waals surface area (Å²) in [5.74, 6) is -0.491. The number of carbonyl (C=O) groups excluding carboxylic acids is 1. The number of benzene rings is 2. The number of carbonyl (C=O) groups is 1. The number of hydrogen-bond acceptors (Lipinski definition) is 4. The molecule has 6 nitrogen and oxygen atoms in total. The first-order chi connectivity index (χ1) is 13.7. The lowest BCUT2D eigenvalue weighted by molar-refractivity contribution is -0.116. The largest absolute Gasteiger partial charge is 0.312 e. The first-order valence-corrected chi connectivity index (χ1v) is 10.9. The number of anilines is 1. The van der Waals surface area contributed by atoms with Crippen molar-refractivity contribution in [3.8, 4) is 0 Å². The fourth-order valence-electron chi connectivity index (χ4n) is 3.43. The number of sulfonamides is 1. The second kappa shape index (κ2) is 8.61. The van der Waals surface area contributed by atoms with Crippen molar-refractivity contribution >= 4 is 21.6 Å². The van der Waals surface area contributed by atoms with Crippen LogP contribution in [0.1, 0.15) is 18.1 Å². The van der Waals surface area contributed by atoms with Crippen LogP contribution < -0.4 is 4.90 Å². The molecule has 0 aliphatic carbocycles. The van der Waals surface area contributed by atoms with Gasteiger partial charge in [0.1, 0.15) is 5.82 Å². The highest BCUT2D eigenvalue weighted by Gasteiger charge is 2.29. The predicted octanol–water partition coefficient (Wildman–Crippen LogP) is 2.49. The standard InChI is InChI=1S/C21H26FN3O3S/c1-16(26)25-11-10-17-14-19(8-9-21(17)25)29(27,28)24(13-12-23(2)3)15-18-6-4-5-7-20(18)22/h4-9,14H,10-13,15H2,1-3H3. The summed E-state index contributed by atoms with van der Waals surface area (Å²) in [6, 6.07) is 11.1. The molecule has 3 rings (SSSR count). The van der Waals surface area contributed by atoms with Gasteiger partial charge in [-0.25, -0.2) is 12.8 Å². The molecule has 0 spiro atoms. The lowest BCUT2D eigenvalue weighted by Gasteiger charge is -2.24. The van der Waals surface area contributed by atoms with Crippen molar-refractivity contribution in [2.75, 3.05) is 38.6 Å². The average molecular weight is 420 g/mol. The summed E-state index contributed by atoms with van der Waals surface area (Å²) in [6.45, 7) is 2.75. The van der Waals surface area contributed by atoms with Gasteiger partial charge in [-0.05, 0) is 50.3 Å². The van der Waals surface area contributed by atoms with E-state index in [1.54, 1.807) is 35.2 Å². The summed E-state index contributed by atoms with van der Waals surface area (Å²) < 4.78 is 42.2. The van der Waals surface area contributed by atoms with Crippen LogP contribution in [0.15, 0.2) is 47.4 Å². The summed E-state index contributed by atoms with van der Waals surface area (Å²) in [5.41, 5.74) is 1.92. The maximum atomic E-state index is 14.2. The third-order valence-corrected chi connectivity index (χ3v) is 6.91. The molecule has 0 atom stereocenters. The van der Waals surface area contributed by atoms with Crippen molar-refractivity contribution in [2.24, 2.45) is 0 Å². The van der Waals surface area contributed by atoms with Crippen LogP contribution in [0, 0.1) is 5.82 Å². The number of fused-ring (bicyclic) bond motifs is 1. The molecule has 1 aliphatic rings. The molecular formula is C21H26FN3O3S. The van der Waals surface area contributed by atoms with Crippen LogP contribution >= 0.6 is 0 Å². The number of nitrogens with zero attached hydrogens (tertiary/aromatic N) is 3. The van der Waals surface area contributed by atoms with Crippen LogP contribution in [-0.4, -0.2) is 57.3 Å². The summed E-state index contributed by atoms with van der Waals surface area (Å²) >= 11 is 0. The van der Waals surface area contributed by atoms with E-state index in [4.69, 9.17) is 0 Å². The van der Waals surface area contributed by atoms with Crippen LogP contribution in [0.5, 0.6) is 0 Å². The Morgan fingerprint density at radius 2 is 1.86 bits per heavy atom. The Morgan fingerprint density at radius 1 is 1.14 bits per heavy atom. The summed E-state index contributed by atoms with van der Waals surface area (Å²) in [4.78, 5) is 15.4. The van der Waals surface area contributed by atoms with Crippen LogP contribution in [0.4, 0.5) is 10.1 Å². The second-order valence-corrected chi connectivity index (χ2v) is 9.38. The van der Waals surface area contributed by atoms with Crippen molar-refractivity contribution in [1.82, 2.24) is 9.21 Å². The maximum absolute atomic E-state index is 14.2. The average Bonchev–Trinajstić information content (AvgIpc) is 3.09. The van der Waals surface area contributed by atoms with E-state index < -0.39 is 15.8 Å². The van der Waals surface area contributed by atoms with Crippen molar-refractivity contribution in [1.29, 1.82) is 0 Å². The highest BCUT2D eigenvalue weighted by atomic mass is 32.2. The van der Waals surface area contributed by atoms with Gasteiger partial charge in [-0.2, -0.15) is 4.31 Å². The smallest absolute Gasteiger partial charge is 0.243 e. The molecular weight excluding hydrogens is 393 g/mol. The molecule has 8 heteroatoms. The third-order valence-electron chi connectivity index (χ3n) is 5.07. The molecule has 156 valence electrons. The molecule has 1 amide bonds. The van der Waals surface area contributed by atoms with Gasteiger partial charge in [0, 0.05) is 44.4 Å². The first kappa shape index (κ1) is 21.4. The SMILES string of the molecule is CC(=O)N1CCc2cc(S(=O)(=O)N(CCN(C)C)Cc3ccccc3F)ccc21. The van der Waals surface area contributed by atoms with Crippen molar-refractivity contribution in [2.45, 2.75) is 24.8 Å². The fourth-order valence-corrected chi connectivity index (χ4v) is 4.89. The Kier molecular flexibility index (Phi) is 6.36. The Hall–Kier alpha value is -2.29. The number of rotatable bonds is 7. The molecule has 0 N–H and O–H groups in total. The molecule has 29 heavy (non-hydrogen) atoms. The van der Waals surface area contributed by atoms with E-state index in [0.29, 0.717) is 25.1 Å². The minimum absolute atomic E-state index is 0.0422. The van der Waals surface area contributed by atoms with Crippen LogP contribution in [-0.2, 0) is 27.8 Å². The van der Waals surface area contributed by atoms with Crippen LogP contribution in [0.25, 0.3) is 0 Å². The van der Waals surface area contributed by atoms with Gasteiger partial charge in [0.2, 0.25) is 15.9 Å². The molecule has 0 aromatic heterocycles. The lowest BCUT2D eigenvalue weighted by Crippen LogP contribution is -2.36. The quantitative estimate of drug-likeness (QED) is 0.692. The van der Waals surface area contributed by atoms with Gasteiger partial charge in [0.05, 0.1) is 4.90 Å². The number of amides is 1. The number of likely N-dealkylation sites (N-methyl/N-ethyl adjacent to an activating group) is 1. The zero-order valence-electron chi connectivity index (χ0n) is 16.9. The highest BCUT2D eigenvalue weighted by Crippen LogP contribution is 2.31. The summed E-state index contributed by atoms with van der Waals surface area (Å²) in [7, 11) is -0.113. The van der Waals surface area contributed by atoms with E-state index in [1.807, 2.05) is 19.0 Å². The highest BCUT2D eigenvalue weighted by molar-refractivity contribution is 7.89. The van der Waals surface area contributed by atoms with E-state index in [2.05, 4.69) is 0 Å². The number of hydrogen-bond donors (Lipinski definition) is 0.